The van der Waals surface area contributed by atoms with Crippen LogP contribution < -0.4 is 5.32 Å². The van der Waals surface area contributed by atoms with Crippen molar-refractivity contribution in [2.75, 3.05) is 12.4 Å². The number of anilines is 1. The molecule has 0 aliphatic rings. The van der Waals surface area contributed by atoms with E-state index in [0.29, 0.717) is 16.3 Å². The SMILES string of the molecule is COC(=O)c1ccccc1NC(=O)c1ccc(Br)cc1Cl. The molecule has 0 saturated carbocycles. The van der Waals surface area contributed by atoms with Crippen molar-refractivity contribution in [1.29, 1.82) is 0 Å². The minimum atomic E-state index is -0.521. The van der Waals surface area contributed by atoms with E-state index in [1.165, 1.54) is 7.11 Å². The third-order valence-electron chi connectivity index (χ3n) is 2.76. The van der Waals surface area contributed by atoms with Crippen LogP contribution in [0, 0.1) is 0 Å². The van der Waals surface area contributed by atoms with Crippen LogP contribution in [0.15, 0.2) is 46.9 Å². The highest BCUT2D eigenvalue weighted by atomic mass is 79.9. The summed E-state index contributed by atoms with van der Waals surface area (Å²) in [5, 5.41) is 2.98. The minimum Gasteiger partial charge on any atom is -0.465 e. The number of hydrogen-bond acceptors (Lipinski definition) is 3. The number of nitrogens with one attached hydrogen (secondary N) is 1. The highest BCUT2D eigenvalue weighted by Crippen LogP contribution is 2.23. The zero-order chi connectivity index (χ0) is 15.4. The Morgan fingerprint density at radius 2 is 1.86 bits per heavy atom. The van der Waals surface area contributed by atoms with E-state index in [1.54, 1.807) is 42.5 Å². The number of benzene rings is 2. The Morgan fingerprint density at radius 3 is 2.52 bits per heavy atom. The Labute approximate surface area is 135 Å². The number of para-hydroxylation sites is 1. The summed E-state index contributed by atoms with van der Waals surface area (Å²) < 4.78 is 5.46. The summed E-state index contributed by atoms with van der Waals surface area (Å²) in [5.74, 6) is -0.920. The number of carbonyl (C=O) groups excluding carboxylic acids is 2. The maximum atomic E-state index is 12.2. The molecule has 0 atom stereocenters. The van der Waals surface area contributed by atoms with E-state index in [1.807, 2.05) is 0 Å². The molecule has 1 N–H and O–H groups in total. The maximum Gasteiger partial charge on any atom is 0.339 e. The largest absolute Gasteiger partial charge is 0.465 e. The van der Waals surface area contributed by atoms with Crippen molar-refractivity contribution < 1.29 is 14.3 Å². The van der Waals surface area contributed by atoms with Gasteiger partial charge in [-0.25, -0.2) is 4.79 Å². The first kappa shape index (κ1) is 15.5. The third kappa shape index (κ3) is 3.62. The van der Waals surface area contributed by atoms with Crippen molar-refractivity contribution in [3.05, 3.63) is 63.1 Å². The third-order valence-corrected chi connectivity index (χ3v) is 3.56. The molecular weight excluding hydrogens is 358 g/mol. The number of methoxy groups -OCH3 is 1. The molecule has 0 bridgehead atoms. The summed E-state index contributed by atoms with van der Waals surface area (Å²) in [6.45, 7) is 0. The molecule has 0 unspecified atom stereocenters. The second kappa shape index (κ2) is 6.74. The molecule has 108 valence electrons. The molecule has 0 fully saturated rings. The first-order valence-electron chi connectivity index (χ1n) is 5.96. The van der Waals surface area contributed by atoms with Gasteiger partial charge in [0, 0.05) is 4.47 Å². The number of amides is 1. The quantitative estimate of drug-likeness (QED) is 0.828. The molecule has 0 heterocycles. The summed E-state index contributed by atoms with van der Waals surface area (Å²) in [7, 11) is 1.28. The fraction of sp³-hybridized carbons (Fsp3) is 0.0667. The van der Waals surface area contributed by atoms with Crippen LogP contribution in [0.3, 0.4) is 0 Å². The normalized spacial score (nSPS) is 10.0. The Kier molecular flexibility index (Phi) is 4.98. The van der Waals surface area contributed by atoms with Gasteiger partial charge in [-0.15, -0.1) is 0 Å². The van der Waals surface area contributed by atoms with Gasteiger partial charge in [-0.1, -0.05) is 39.7 Å². The van der Waals surface area contributed by atoms with Gasteiger partial charge in [0.1, 0.15) is 0 Å². The Hall–Kier alpha value is -1.85. The second-order valence-electron chi connectivity index (χ2n) is 4.12. The lowest BCUT2D eigenvalue weighted by Gasteiger charge is -2.10. The molecule has 0 aliphatic carbocycles. The molecule has 2 aromatic carbocycles. The Balaban J connectivity index is 2.30. The highest BCUT2D eigenvalue weighted by molar-refractivity contribution is 9.10. The van der Waals surface area contributed by atoms with Crippen LogP contribution in [-0.4, -0.2) is 19.0 Å². The molecule has 4 nitrogen and oxygen atoms in total. The van der Waals surface area contributed by atoms with Crippen molar-refractivity contribution in [2.45, 2.75) is 0 Å². The zero-order valence-electron chi connectivity index (χ0n) is 11.0. The van der Waals surface area contributed by atoms with Crippen LogP contribution in [0.1, 0.15) is 20.7 Å². The van der Waals surface area contributed by atoms with Gasteiger partial charge in [0.05, 0.1) is 28.9 Å². The van der Waals surface area contributed by atoms with Crippen molar-refractivity contribution in [2.24, 2.45) is 0 Å². The number of ether oxygens (including phenoxy) is 1. The maximum absolute atomic E-state index is 12.2. The molecule has 1 amide bonds. The lowest BCUT2D eigenvalue weighted by atomic mass is 10.1. The van der Waals surface area contributed by atoms with E-state index >= 15 is 0 Å². The molecule has 2 rings (SSSR count). The predicted octanol–water partition coefficient (Wildman–Crippen LogP) is 4.14. The number of esters is 1. The first-order chi connectivity index (χ1) is 10.0. The van der Waals surface area contributed by atoms with Crippen molar-refractivity contribution in [1.82, 2.24) is 0 Å². The number of hydrogen-bond donors (Lipinski definition) is 1. The van der Waals surface area contributed by atoms with Gasteiger partial charge < -0.3 is 10.1 Å². The fourth-order valence-electron chi connectivity index (χ4n) is 1.74. The van der Waals surface area contributed by atoms with E-state index in [-0.39, 0.29) is 5.56 Å². The van der Waals surface area contributed by atoms with E-state index in [2.05, 4.69) is 26.0 Å². The van der Waals surface area contributed by atoms with Gasteiger partial charge in [0.2, 0.25) is 0 Å². The lowest BCUT2D eigenvalue weighted by molar-refractivity contribution is 0.0602. The Bertz CT molecular complexity index is 703. The van der Waals surface area contributed by atoms with E-state index in [4.69, 9.17) is 11.6 Å². The van der Waals surface area contributed by atoms with Gasteiger partial charge in [-0.05, 0) is 30.3 Å². The lowest BCUT2D eigenvalue weighted by Crippen LogP contribution is -2.15. The molecule has 21 heavy (non-hydrogen) atoms. The van der Waals surface area contributed by atoms with Crippen LogP contribution >= 0.6 is 27.5 Å². The van der Waals surface area contributed by atoms with Crippen molar-refractivity contribution >= 4 is 45.1 Å². The fourth-order valence-corrected chi connectivity index (χ4v) is 2.50. The molecule has 6 heteroatoms. The average Bonchev–Trinajstić information content (AvgIpc) is 2.46. The number of carbonyl (C=O) groups is 2. The number of rotatable bonds is 3. The summed E-state index contributed by atoms with van der Waals surface area (Å²) in [5.41, 5.74) is 0.967. The molecule has 0 aromatic heterocycles. The molecule has 0 aliphatic heterocycles. The molecule has 0 saturated heterocycles. The smallest absolute Gasteiger partial charge is 0.339 e. The molecule has 0 spiro atoms. The standard InChI is InChI=1S/C15H11BrClNO3/c1-21-15(20)11-4-2-3-5-13(11)18-14(19)10-7-6-9(16)8-12(10)17/h2-8H,1H3,(H,18,19). The van der Waals surface area contributed by atoms with Crippen LogP contribution in [0.5, 0.6) is 0 Å². The van der Waals surface area contributed by atoms with Crippen molar-refractivity contribution in [3.8, 4) is 0 Å². The van der Waals surface area contributed by atoms with Crippen LogP contribution in [0.4, 0.5) is 5.69 Å². The topological polar surface area (TPSA) is 55.4 Å². The molecule has 2 aromatic rings. The predicted molar refractivity (Wildman–Crippen MR) is 84.9 cm³/mol. The monoisotopic (exact) mass is 367 g/mol. The van der Waals surface area contributed by atoms with Crippen LogP contribution in [0.25, 0.3) is 0 Å². The first-order valence-corrected chi connectivity index (χ1v) is 7.13. The summed E-state index contributed by atoms with van der Waals surface area (Å²) in [4.78, 5) is 23.9. The van der Waals surface area contributed by atoms with Crippen LogP contribution in [0.2, 0.25) is 5.02 Å². The molecular formula is C15H11BrClNO3. The summed E-state index contributed by atoms with van der Waals surface area (Å²) >= 11 is 9.31. The second-order valence-corrected chi connectivity index (χ2v) is 5.44. The van der Waals surface area contributed by atoms with Crippen molar-refractivity contribution in [3.63, 3.8) is 0 Å². The van der Waals surface area contributed by atoms with Crippen LogP contribution in [-0.2, 0) is 4.74 Å². The van der Waals surface area contributed by atoms with E-state index < -0.39 is 11.9 Å². The summed E-state index contributed by atoms with van der Waals surface area (Å²) in [6, 6.07) is 11.5. The highest BCUT2D eigenvalue weighted by Gasteiger charge is 2.16. The van der Waals surface area contributed by atoms with E-state index in [0.717, 1.165) is 4.47 Å². The minimum absolute atomic E-state index is 0.279. The van der Waals surface area contributed by atoms with Gasteiger partial charge in [0.15, 0.2) is 0 Å². The average molecular weight is 369 g/mol. The van der Waals surface area contributed by atoms with Gasteiger partial charge >= 0.3 is 5.97 Å². The zero-order valence-corrected chi connectivity index (χ0v) is 13.4. The number of halogens is 2. The van der Waals surface area contributed by atoms with Gasteiger partial charge in [-0.2, -0.15) is 0 Å². The van der Waals surface area contributed by atoms with E-state index in [9.17, 15) is 9.59 Å². The molecule has 0 radical (unpaired) electrons. The van der Waals surface area contributed by atoms with Gasteiger partial charge in [-0.3, -0.25) is 4.79 Å². The Morgan fingerprint density at radius 1 is 1.14 bits per heavy atom. The van der Waals surface area contributed by atoms with Gasteiger partial charge in [0.25, 0.3) is 5.91 Å². The summed E-state index contributed by atoms with van der Waals surface area (Å²) in [6.07, 6.45) is 0.